The molecular weight excluding hydrogens is 378 g/mol. The Hall–Kier alpha value is -3.81. The fraction of sp³-hybridized carbons (Fsp3) is 0.190. The number of rotatable bonds is 4. The quantitative estimate of drug-likeness (QED) is 0.535. The molecule has 0 saturated heterocycles. The first-order chi connectivity index (χ1) is 14.0. The zero-order valence-corrected chi connectivity index (χ0v) is 15.5. The molecule has 2 heterocycles. The number of carbonyl (C=O) groups is 2. The van der Waals surface area contributed by atoms with E-state index in [-0.39, 0.29) is 5.56 Å². The third-order valence-corrected chi connectivity index (χ3v) is 4.32. The summed E-state index contributed by atoms with van der Waals surface area (Å²) in [6.45, 7) is 2.30. The van der Waals surface area contributed by atoms with E-state index in [0.717, 1.165) is 0 Å². The highest BCUT2D eigenvalue weighted by molar-refractivity contribution is 5.98. The van der Waals surface area contributed by atoms with Gasteiger partial charge in [0.2, 0.25) is 0 Å². The van der Waals surface area contributed by atoms with Crippen molar-refractivity contribution in [2.45, 2.75) is 13.0 Å². The lowest BCUT2D eigenvalue weighted by molar-refractivity contribution is -0.123. The standard InChI is InChI=1S/C21H17NO7/c1-12(19(23)22-14-6-7-17-18(11-14)27-9-8-26-17)28-20(24)15-10-13-4-2-3-5-16(13)29-21(15)25/h2-7,10-12H,8-9H2,1H3,(H,22,23)/t12-/m1/s1. The highest BCUT2D eigenvalue weighted by Crippen LogP contribution is 2.32. The fourth-order valence-corrected chi connectivity index (χ4v) is 2.85. The molecule has 148 valence electrons. The van der Waals surface area contributed by atoms with E-state index in [9.17, 15) is 14.4 Å². The minimum absolute atomic E-state index is 0.275. The van der Waals surface area contributed by atoms with Crippen LogP contribution in [0.25, 0.3) is 11.0 Å². The zero-order chi connectivity index (χ0) is 20.4. The molecular formula is C21H17NO7. The second-order valence-electron chi connectivity index (χ2n) is 6.38. The van der Waals surface area contributed by atoms with Crippen molar-refractivity contribution in [3.05, 3.63) is 64.5 Å². The van der Waals surface area contributed by atoms with Gasteiger partial charge in [0.15, 0.2) is 17.6 Å². The van der Waals surface area contributed by atoms with Gasteiger partial charge in [-0.1, -0.05) is 18.2 Å². The lowest BCUT2D eigenvalue weighted by Gasteiger charge is -2.19. The lowest BCUT2D eigenvalue weighted by Crippen LogP contribution is -2.31. The van der Waals surface area contributed by atoms with Crippen LogP contribution in [0.5, 0.6) is 11.5 Å². The molecule has 1 aromatic heterocycles. The number of carbonyl (C=O) groups excluding carboxylic acids is 2. The topological polar surface area (TPSA) is 104 Å². The maximum atomic E-state index is 12.4. The number of hydrogen-bond donors (Lipinski definition) is 1. The van der Waals surface area contributed by atoms with E-state index in [0.29, 0.717) is 41.4 Å². The van der Waals surface area contributed by atoms with Crippen LogP contribution in [-0.4, -0.2) is 31.2 Å². The SMILES string of the molecule is C[C@@H](OC(=O)c1cc2ccccc2oc1=O)C(=O)Nc1ccc2c(c1)OCCO2. The van der Waals surface area contributed by atoms with Crippen LogP contribution < -0.4 is 20.4 Å². The maximum absolute atomic E-state index is 12.4. The Kier molecular flexibility index (Phi) is 4.90. The van der Waals surface area contributed by atoms with Crippen LogP contribution in [0.1, 0.15) is 17.3 Å². The van der Waals surface area contributed by atoms with E-state index >= 15 is 0 Å². The largest absolute Gasteiger partial charge is 0.486 e. The summed E-state index contributed by atoms with van der Waals surface area (Å²) >= 11 is 0. The fourth-order valence-electron chi connectivity index (χ4n) is 2.85. The third kappa shape index (κ3) is 3.91. The Balaban J connectivity index is 1.45. The molecule has 0 saturated carbocycles. The summed E-state index contributed by atoms with van der Waals surface area (Å²) in [6.07, 6.45) is -1.14. The van der Waals surface area contributed by atoms with Crippen molar-refractivity contribution >= 4 is 28.5 Å². The number of hydrogen-bond acceptors (Lipinski definition) is 7. The molecule has 1 atom stereocenters. The molecule has 8 heteroatoms. The van der Waals surface area contributed by atoms with Crippen molar-refractivity contribution < 1.29 is 28.2 Å². The number of ether oxygens (including phenoxy) is 3. The smallest absolute Gasteiger partial charge is 0.351 e. The van der Waals surface area contributed by atoms with E-state index < -0.39 is 23.6 Å². The second kappa shape index (κ2) is 7.67. The average molecular weight is 395 g/mol. The predicted octanol–water partition coefficient (Wildman–Crippen LogP) is 2.75. The van der Waals surface area contributed by atoms with Gasteiger partial charge in [0.05, 0.1) is 0 Å². The van der Waals surface area contributed by atoms with Gasteiger partial charge in [-0.05, 0) is 31.2 Å². The molecule has 0 aliphatic carbocycles. The number of anilines is 1. The highest BCUT2D eigenvalue weighted by Gasteiger charge is 2.23. The van der Waals surface area contributed by atoms with Crippen molar-refractivity contribution in [3.8, 4) is 11.5 Å². The summed E-state index contributed by atoms with van der Waals surface area (Å²) in [5.74, 6) is -0.376. The Morgan fingerprint density at radius 3 is 2.62 bits per heavy atom. The third-order valence-electron chi connectivity index (χ3n) is 4.32. The monoisotopic (exact) mass is 395 g/mol. The number of nitrogens with one attached hydrogen (secondary N) is 1. The van der Waals surface area contributed by atoms with Gasteiger partial charge in [0.1, 0.15) is 24.4 Å². The molecule has 3 aromatic rings. The number of para-hydroxylation sites is 1. The van der Waals surface area contributed by atoms with Crippen LogP contribution in [0.3, 0.4) is 0 Å². The summed E-state index contributed by atoms with van der Waals surface area (Å²) in [6, 6.07) is 13.1. The molecule has 1 amide bonds. The number of amides is 1. The molecule has 4 rings (SSSR count). The van der Waals surface area contributed by atoms with Crippen LogP contribution in [0.15, 0.2) is 57.7 Å². The summed E-state index contributed by atoms with van der Waals surface area (Å²) < 4.78 is 21.2. The summed E-state index contributed by atoms with van der Waals surface area (Å²) in [5, 5.41) is 3.22. The van der Waals surface area contributed by atoms with Gasteiger partial charge in [0, 0.05) is 17.1 Å². The van der Waals surface area contributed by atoms with Gasteiger partial charge in [-0.25, -0.2) is 9.59 Å². The summed E-state index contributed by atoms with van der Waals surface area (Å²) in [7, 11) is 0. The first-order valence-corrected chi connectivity index (χ1v) is 8.95. The Labute approximate surface area is 165 Å². The zero-order valence-electron chi connectivity index (χ0n) is 15.5. The Bertz CT molecular complexity index is 1150. The molecule has 0 unspecified atom stereocenters. The van der Waals surface area contributed by atoms with E-state index in [1.807, 2.05) is 0 Å². The molecule has 29 heavy (non-hydrogen) atoms. The normalized spacial score (nSPS) is 13.6. The van der Waals surface area contributed by atoms with Crippen molar-refractivity contribution in [2.75, 3.05) is 18.5 Å². The molecule has 0 fully saturated rings. The molecule has 0 spiro atoms. The Morgan fingerprint density at radius 1 is 1.03 bits per heavy atom. The van der Waals surface area contributed by atoms with Gasteiger partial charge in [-0.2, -0.15) is 0 Å². The molecule has 0 radical (unpaired) electrons. The molecule has 0 bridgehead atoms. The molecule has 8 nitrogen and oxygen atoms in total. The number of fused-ring (bicyclic) bond motifs is 2. The molecule has 2 aromatic carbocycles. The first-order valence-electron chi connectivity index (χ1n) is 8.95. The predicted molar refractivity (Wildman–Crippen MR) is 103 cm³/mol. The molecule has 1 N–H and O–H groups in total. The van der Waals surface area contributed by atoms with E-state index in [1.54, 1.807) is 42.5 Å². The van der Waals surface area contributed by atoms with E-state index in [1.165, 1.54) is 13.0 Å². The molecule has 1 aliphatic rings. The van der Waals surface area contributed by atoms with Crippen LogP contribution in [-0.2, 0) is 9.53 Å². The van der Waals surface area contributed by atoms with Crippen LogP contribution in [0, 0.1) is 0 Å². The van der Waals surface area contributed by atoms with E-state index in [2.05, 4.69) is 5.32 Å². The first kappa shape index (κ1) is 18.5. The number of benzene rings is 2. The van der Waals surface area contributed by atoms with Crippen molar-refractivity contribution in [3.63, 3.8) is 0 Å². The average Bonchev–Trinajstić information content (AvgIpc) is 2.73. The minimum atomic E-state index is -1.14. The van der Waals surface area contributed by atoms with Crippen LogP contribution in [0.4, 0.5) is 5.69 Å². The minimum Gasteiger partial charge on any atom is -0.486 e. The van der Waals surface area contributed by atoms with Crippen molar-refractivity contribution in [2.24, 2.45) is 0 Å². The van der Waals surface area contributed by atoms with Gasteiger partial charge in [0.25, 0.3) is 5.91 Å². The summed E-state index contributed by atoms with van der Waals surface area (Å²) in [5.41, 5.74) is -0.276. The van der Waals surface area contributed by atoms with Gasteiger partial charge < -0.3 is 23.9 Å². The molecule has 1 aliphatic heterocycles. The highest BCUT2D eigenvalue weighted by atomic mass is 16.6. The van der Waals surface area contributed by atoms with Crippen molar-refractivity contribution in [1.82, 2.24) is 0 Å². The van der Waals surface area contributed by atoms with Crippen LogP contribution in [0.2, 0.25) is 0 Å². The van der Waals surface area contributed by atoms with Gasteiger partial charge >= 0.3 is 11.6 Å². The van der Waals surface area contributed by atoms with Gasteiger partial charge in [-0.3, -0.25) is 4.79 Å². The number of esters is 1. The lowest BCUT2D eigenvalue weighted by atomic mass is 10.2. The Morgan fingerprint density at radius 2 is 1.79 bits per heavy atom. The second-order valence-corrected chi connectivity index (χ2v) is 6.38. The van der Waals surface area contributed by atoms with Crippen molar-refractivity contribution in [1.29, 1.82) is 0 Å². The maximum Gasteiger partial charge on any atom is 0.351 e. The van der Waals surface area contributed by atoms with Gasteiger partial charge in [-0.15, -0.1) is 0 Å². The summed E-state index contributed by atoms with van der Waals surface area (Å²) in [4.78, 5) is 36.8. The van der Waals surface area contributed by atoms with Crippen LogP contribution >= 0.6 is 0 Å². The van der Waals surface area contributed by atoms with E-state index in [4.69, 9.17) is 18.6 Å².